The smallest absolute Gasteiger partial charge is 0.255 e. The number of benzene rings is 2. The number of amides is 1. The number of methoxy groups -OCH3 is 2. The number of aromatic nitrogens is 1. The molecule has 0 unspecified atom stereocenters. The molecule has 1 aromatic heterocycles. The molecule has 3 aromatic rings. The number of carbonyl (C=O) groups is 2. The fourth-order valence-corrected chi connectivity index (χ4v) is 2.65. The Morgan fingerprint density at radius 2 is 1.59 bits per heavy atom. The van der Waals surface area contributed by atoms with Crippen molar-refractivity contribution in [2.75, 3.05) is 24.9 Å². The SMILES string of the molecule is COc1cc(OC)cc(C(=O)Nc2ccc(Nc3cccc(C(C)=O)c3)nc2)c1. The van der Waals surface area contributed by atoms with E-state index in [1.165, 1.54) is 21.1 Å². The number of nitrogens with zero attached hydrogens (tertiary/aromatic N) is 1. The minimum absolute atomic E-state index is 0.00570. The van der Waals surface area contributed by atoms with E-state index in [0.29, 0.717) is 34.1 Å². The molecule has 148 valence electrons. The molecule has 0 bridgehead atoms. The van der Waals surface area contributed by atoms with Gasteiger partial charge in [-0.05, 0) is 43.3 Å². The highest BCUT2D eigenvalue weighted by Gasteiger charge is 2.11. The quantitative estimate of drug-likeness (QED) is 0.584. The molecule has 7 nitrogen and oxygen atoms in total. The molecule has 1 heterocycles. The van der Waals surface area contributed by atoms with Crippen molar-refractivity contribution < 1.29 is 19.1 Å². The molecule has 0 spiro atoms. The monoisotopic (exact) mass is 391 g/mol. The Morgan fingerprint density at radius 3 is 2.17 bits per heavy atom. The van der Waals surface area contributed by atoms with Crippen molar-refractivity contribution in [1.29, 1.82) is 0 Å². The van der Waals surface area contributed by atoms with E-state index in [2.05, 4.69) is 15.6 Å². The number of rotatable bonds is 7. The van der Waals surface area contributed by atoms with Gasteiger partial charge in [-0.2, -0.15) is 0 Å². The molecule has 0 aliphatic rings. The summed E-state index contributed by atoms with van der Waals surface area (Å²) in [7, 11) is 3.05. The van der Waals surface area contributed by atoms with Gasteiger partial charge in [0, 0.05) is 22.9 Å². The van der Waals surface area contributed by atoms with Crippen LogP contribution in [0, 0.1) is 0 Å². The first-order valence-corrected chi connectivity index (χ1v) is 8.87. The highest BCUT2D eigenvalue weighted by Crippen LogP contribution is 2.23. The van der Waals surface area contributed by atoms with Crippen molar-refractivity contribution in [2.24, 2.45) is 0 Å². The lowest BCUT2D eigenvalue weighted by atomic mass is 10.1. The highest BCUT2D eigenvalue weighted by atomic mass is 16.5. The Bertz CT molecular complexity index is 1010. The maximum absolute atomic E-state index is 12.5. The normalized spacial score (nSPS) is 10.2. The van der Waals surface area contributed by atoms with Gasteiger partial charge in [-0.1, -0.05) is 12.1 Å². The summed E-state index contributed by atoms with van der Waals surface area (Å²) in [6.45, 7) is 1.52. The fraction of sp³-hybridized carbons (Fsp3) is 0.136. The number of pyridine rings is 1. The molecule has 2 N–H and O–H groups in total. The summed E-state index contributed by atoms with van der Waals surface area (Å²) < 4.78 is 10.4. The number of hydrogen-bond acceptors (Lipinski definition) is 6. The molecular weight excluding hydrogens is 370 g/mol. The van der Waals surface area contributed by atoms with E-state index in [4.69, 9.17) is 9.47 Å². The summed E-state index contributed by atoms with van der Waals surface area (Å²) in [5.41, 5.74) is 2.32. The second kappa shape index (κ2) is 8.88. The van der Waals surface area contributed by atoms with Gasteiger partial charge >= 0.3 is 0 Å². The van der Waals surface area contributed by atoms with Gasteiger partial charge in [-0.15, -0.1) is 0 Å². The molecule has 2 aromatic carbocycles. The summed E-state index contributed by atoms with van der Waals surface area (Å²) in [5, 5.41) is 5.92. The molecule has 0 fully saturated rings. The number of hydrogen-bond donors (Lipinski definition) is 2. The minimum atomic E-state index is -0.307. The summed E-state index contributed by atoms with van der Waals surface area (Å²) in [5.74, 6) is 1.33. The van der Waals surface area contributed by atoms with Crippen LogP contribution >= 0.6 is 0 Å². The van der Waals surface area contributed by atoms with E-state index < -0.39 is 0 Å². The third kappa shape index (κ3) is 5.10. The van der Waals surface area contributed by atoms with Crippen LogP contribution in [-0.2, 0) is 0 Å². The van der Waals surface area contributed by atoms with Crippen molar-refractivity contribution in [1.82, 2.24) is 4.98 Å². The van der Waals surface area contributed by atoms with E-state index >= 15 is 0 Å². The average molecular weight is 391 g/mol. The maximum Gasteiger partial charge on any atom is 0.255 e. The Labute approximate surface area is 168 Å². The predicted molar refractivity (Wildman–Crippen MR) is 111 cm³/mol. The molecule has 0 aliphatic heterocycles. The third-order valence-electron chi connectivity index (χ3n) is 4.18. The van der Waals surface area contributed by atoms with Crippen LogP contribution in [0.4, 0.5) is 17.2 Å². The zero-order valence-corrected chi connectivity index (χ0v) is 16.4. The van der Waals surface area contributed by atoms with Crippen molar-refractivity contribution in [3.63, 3.8) is 0 Å². The number of carbonyl (C=O) groups excluding carboxylic acids is 2. The van der Waals surface area contributed by atoms with Crippen molar-refractivity contribution in [2.45, 2.75) is 6.92 Å². The first-order chi connectivity index (χ1) is 14.0. The van der Waals surface area contributed by atoms with Crippen molar-refractivity contribution >= 4 is 28.9 Å². The molecule has 7 heteroatoms. The van der Waals surface area contributed by atoms with E-state index in [1.807, 2.05) is 6.07 Å². The van der Waals surface area contributed by atoms with Gasteiger partial charge in [0.25, 0.3) is 5.91 Å². The van der Waals surface area contributed by atoms with Crippen LogP contribution in [0.15, 0.2) is 60.8 Å². The van der Waals surface area contributed by atoms with Crippen LogP contribution in [0.3, 0.4) is 0 Å². The van der Waals surface area contributed by atoms with Crippen LogP contribution in [0.25, 0.3) is 0 Å². The Balaban J connectivity index is 1.70. The second-order valence-electron chi connectivity index (χ2n) is 6.25. The molecule has 1 amide bonds. The van der Waals surface area contributed by atoms with Crippen molar-refractivity contribution in [3.8, 4) is 11.5 Å². The third-order valence-corrected chi connectivity index (χ3v) is 4.18. The summed E-state index contributed by atoms with van der Waals surface area (Å²) in [6, 6.07) is 15.6. The highest BCUT2D eigenvalue weighted by molar-refractivity contribution is 6.04. The van der Waals surface area contributed by atoms with Gasteiger partial charge in [-0.25, -0.2) is 4.98 Å². The molecular formula is C22H21N3O4. The summed E-state index contributed by atoms with van der Waals surface area (Å²) in [6.07, 6.45) is 1.55. The number of ketones is 1. The van der Waals surface area contributed by atoms with Gasteiger partial charge in [0.05, 0.1) is 26.1 Å². The van der Waals surface area contributed by atoms with Crippen molar-refractivity contribution in [3.05, 3.63) is 71.9 Å². The zero-order valence-electron chi connectivity index (χ0n) is 16.4. The van der Waals surface area contributed by atoms with Crippen LogP contribution in [0.1, 0.15) is 27.6 Å². The van der Waals surface area contributed by atoms with Gasteiger partial charge in [0.1, 0.15) is 17.3 Å². The second-order valence-corrected chi connectivity index (χ2v) is 6.25. The minimum Gasteiger partial charge on any atom is -0.497 e. The number of anilines is 3. The molecule has 29 heavy (non-hydrogen) atoms. The van der Waals surface area contributed by atoms with Gasteiger partial charge < -0.3 is 20.1 Å². The Morgan fingerprint density at radius 1 is 0.862 bits per heavy atom. The van der Waals surface area contributed by atoms with Crippen LogP contribution in [0.5, 0.6) is 11.5 Å². The van der Waals surface area contributed by atoms with Crippen LogP contribution < -0.4 is 20.1 Å². The molecule has 0 saturated carbocycles. The molecule has 0 atom stereocenters. The van der Waals surface area contributed by atoms with Crippen LogP contribution in [-0.4, -0.2) is 30.9 Å². The lowest BCUT2D eigenvalue weighted by molar-refractivity contribution is 0.101. The van der Waals surface area contributed by atoms with Gasteiger partial charge in [0.2, 0.25) is 0 Å². The lowest BCUT2D eigenvalue weighted by Crippen LogP contribution is -2.12. The van der Waals surface area contributed by atoms with Crippen LogP contribution in [0.2, 0.25) is 0 Å². The number of Topliss-reactive ketones (excluding diaryl/α,β-unsaturated/α-hetero) is 1. The Hall–Kier alpha value is -3.87. The van der Waals surface area contributed by atoms with E-state index in [9.17, 15) is 9.59 Å². The summed E-state index contributed by atoms with van der Waals surface area (Å²) >= 11 is 0. The van der Waals surface area contributed by atoms with E-state index in [1.54, 1.807) is 54.7 Å². The zero-order chi connectivity index (χ0) is 20.8. The average Bonchev–Trinajstić information content (AvgIpc) is 2.74. The first kappa shape index (κ1) is 19.9. The summed E-state index contributed by atoms with van der Waals surface area (Å²) in [4.78, 5) is 28.3. The standard InChI is InChI=1S/C22H21N3O4/c1-14(26)15-5-4-6-17(9-15)24-21-8-7-18(13-23-21)25-22(27)16-10-19(28-2)12-20(11-16)29-3/h4-13H,1-3H3,(H,23,24)(H,25,27). The molecule has 0 radical (unpaired) electrons. The molecule has 0 saturated heterocycles. The Kier molecular flexibility index (Phi) is 6.09. The van der Waals surface area contributed by atoms with E-state index in [-0.39, 0.29) is 11.7 Å². The molecule has 3 rings (SSSR count). The lowest BCUT2D eigenvalue weighted by Gasteiger charge is -2.10. The van der Waals surface area contributed by atoms with Gasteiger partial charge in [-0.3, -0.25) is 9.59 Å². The number of ether oxygens (including phenoxy) is 2. The van der Waals surface area contributed by atoms with E-state index in [0.717, 1.165) is 5.69 Å². The number of nitrogens with one attached hydrogen (secondary N) is 2. The molecule has 0 aliphatic carbocycles. The largest absolute Gasteiger partial charge is 0.497 e. The van der Waals surface area contributed by atoms with Gasteiger partial charge in [0.15, 0.2) is 5.78 Å². The first-order valence-electron chi connectivity index (χ1n) is 8.87. The fourth-order valence-electron chi connectivity index (χ4n) is 2.65. The predicted octanol–water partition coefficient (Wildman–Crippen LogP) is 4.30. The maximum atomic E-state index is 12.5. The topological polar surface area (TPSA) is 89.5 Å².